The Morgan fingerprint density at radius 2 is 1.50 bits per heavy atom. The highest BCUT2D eigenvalue weighted by Gasteiger charge is 2.36. The fourth-order valence-corrected chi connectivity index (χ4v) is 4.36. The van der Waals surface area contributed by atoms with Crippen LogP contribution in [0.15, 0.2) is 83.9 Å². The molecule has 1 atom stereocenters. The number of amidine groups is 1. The topological polar surface area (TPSA) is 51.1 Å². The van der Waals surface area contributed by atoms with Crippen molar-refractivity contribution in [1.29, 1.82) is 0 Å². The molecule has 3 aromatic rings. The number of hydrogen-bond acceptors (Lipinski definition) is 3. The fourth-order valence-electron chi connectivity index (χ4n) is 4.36. The summed E-state index contributed by atoms with van der Waals surface area (Å²) in [5.74, 6) is -1.12. The lowest BCUT2D eigenvalue weighted by atomic mass is 9.97. The maximum Gasteiger partial charge on any atom is 0.298 e. The van der Waals surface area contributed by atoms with Crippen LogP contribution in [0.25, 0.3) is 11.1 Å². The number of rotatable bonds is 2. The highest BCUT2D eigenvalue weighted by molar-refractivity contribution is 6.01. The lowest BCUT2D eigenvalue weighted by Crippen LogP contribution is -2.40. The molecule has 1 unspecified atom stereocenters. The quantitative estimate of drug-likeness (QED) is 0.406. The van der Waals surface area contributed by atoms with Crippen molar-refractivity contribution in [3.05, 3.63) is 95.6 Å². The van der Waals surface area contributed by atoms with Crippen molar-refractivity contribution in [2.24, 2.45) is 4.99 Å². The first-order chi connectivity index (χ1) is 15.6. The minimum atomic E-state index is -0.791. The molecule has 1 fully saturated rings. The van der Waals surface area contributed by atoms with Crippen molar-refractivity contribution in [3.63, 3.8) is 0 Å². The number of amides is 1. The predicted molar refractivity (Wildman–Crippen MR) is 124 cm³/mol. The molecule has 2 aliphatic heterocycles. The van der Waals surface area contributed by atoms with E-state index in [2.05, 4.69) is 41.4 Å². The number of nitrogens with zero attached hydrogens (tertiary/aromatic N) is 2. The molecular weight excluding hydrogens is 400 g/mol. The molecule has 0 N–H and O–H groups in total. The zero-order valence-electron chi connectivity index (χ0n) is 18.2. The van der Waals surface area contributed by atoms with Crippen LogP contribution in [-0.2, 0) is 22.6 Å². The molecule has 0 radical (unpaired) electrons. The van der Waals surface area contributed by atoms with Gasteiger partial charge in [-0.25, -0.2) is 0 Å². The lowest BCUT2D eigenvalue weighted by Gasteiger charge is -2.31. The molecule has 162 valence electrons. The molecule has 0 bridgehead atoms. The normalized spacial score (nSPS) is 20.3. The Balaban J connectivity index is 1.56. The van der Waals surface area contributed by atoms with Gasteiger partial charge in [0.25, 0.3) is 11.9 Å². The second-order valence-electron chi connectivity index (χ2n) is 8.42. The second kappa shape index (κ2) is 8.60. The van der Waals surface area contributed by atoms with E-state index in [9.17, 15) is 4.79 Å². The summed E-state index contributed by atoms with van der Waals surface area (Å²) in [5, 5.41) is 0. The van der Waals surface area contributed by atoms with Crippen molar-refractivity contribution in [2.75, 3.05) is 6.61 Å². The molecule has 0 aromatic heterocycles. The molecule has 32 heavy (non-hydrogen) atoms. The zero-order chi connectivity index (χ0) is 22.0. The van der Waals surface area contributed by atoms with Crippen LogP contribution in [0.4, 0.5) is 0 Å². The minimum absolute atomic E-state index is 0.301. The summed E-state index contributed by atoms with van der Waals surface area (Å²) in [4.78, 5) is 19.5. The van der Waals surface area contributed by atoms with Gasteiger partial charge in [-0.1, -0.05) is 66.7 Å². The SMILES string of the molecule is CC1(OC(=NC(=O)c2ccccc2)N2Cc3ccccc3-c3ccccc3C2)CCCO1. The van der Waals surface area contributed by atoms with Gasteiger partial charge in [0.15, 0.2) is 0 Å². The molecule has 0 spiro atoms. The van der Waals surface area contributed by atoms with Crippen LogP contribution >= 0.6 is 0 Å². The van der Waals surface area contributed by atoms with Gasteiger partial charge in [0.1, 0.15) is 0 Å². The van der Waals surface area contributed by atoms with Gasteiger partial charge in [0.2, 0.25) is 5.79 Å². The first-order valence-corrected chi connectivity index (χ1v) is 11.0. The number of fused-ring (bicyclic) bond motifs is 3. The van der Waals surface area contributed by atoms with E-state index >= 15 is 0 Å². The van der Waals surface area contributed by atoms with E-state index in [4.69, 9.17) is 9.47 Å². The maximum absolute atomic E-state index is 13.0. The molecule has 2 heterocycles. The van der Waals surface area contributed by atoms with Gasteiger partial charge in [-0.15, -0.1) is 0 Å². The third-order valence-electron chi connectivity index (χ3n) is 6.03. The fraction of sp³-hybridized carbons (Fsp3) is 0.259. The number of carbonyl (C=O) groups excluding carboxylic acids is 1. The molecule has 2 aliphatic rings. The van der Waals surface area contributed by atoms with Gasteiger partial charge in [-0.05, 0) is 40.8 Å². The number of benzene rings is 3. The molecule has 5 rings (SSSR count). The molecule has 3 aromatic carbocycles. The van der Waals surface area contributed by atoms with Gasteiger partial charge in [-0.3, -0.25) is 4.79 Å². The number of hydrogen-bond donors (Lipinski definition) is 0. The van der Waals surface area contributed by atoms with Crippen molar-refractivity contribution < 1.29 is 14.3 Å². The van der Waals surface area contributed by atoms with Gasteiger partial charge in [0, 0.05) is 32.0 Å². The Morgan fingerprint density at radius 1 is 0.906 bits per heavy atom. The van der Waals surface area contributed by atoms with E-state index in [0.29, 0.717) is 31.3 Å². The number of aliphatic imine (C=N–C) groups is 1. The summed E-state index contributed by atoms with van der Waals surface area (Å²) < 4.78 is 12.2. The van der Waals surface area contributed by atoms with E-state index < -0.39 is 5.79 Å². The van der Waals surface area contributed by atoms with Gasteiger partial charge < -0.3 is 14.4 Å². The zero-order valence-corrected chi connectivity index (χ0v) is 18.2. The number of carbonyl (C=O) groups is 1. The van der Waals surface area contributed by atoms with Gasteiger partial charge in [-0.2, -0.15) is 4.99 Å². The van der Waals surface area contributed by atoms with Crippen molar-refractivity contribution in [1.82, 2.24) is 4.90 Å². The van der Waals surface area contributed by atoms with Crippen LogP contribution < -0.4 is 0 Å². The van der Waals surface area contributed by atoms with Crippen molar-refractivity contribution in [3.8, 4) is 11.1 Å². The van der Waals surface area contributed by atoms with Crippen LogP contribution in [0.1, 0.15) is 41.3 Å². The minimum Gasteiger partial charge on any atom is -0.432 e. The summed E-state index contributed by atoms with van der Waals surface area (Å²) in [6, 6.07) is 26.1. The Labute approximate surface area is 188 Å². The van der Waals surface area contributed by atoms with Crippen molar-refractivity contribution >= 4 is 11.9 Å². The van der Waals surface area contributed by atoms with E-state index in [0.717, 1.165) is 12.8 Å². The summed E-state index contributed by atoms with van der Waals surface area (Å²) in [7, 11) is 0. The predicted octanol–water partition coefficient (Wildman–Crippen LogP) is 5.41. The van der Waals surface area contributed by atoms with E-state index in [-0.39, 0.29) is 5.91 Å². The molecule has 5 nitrogen and oxygen atoms in total. The standard InChI is InChI=1S/C27H26N2O3/c1-27(16-9-17-31-27)32-26(28-25(30)20-10-3-2-4-11-20)29-18-21-12-5-7-14-23(21)24-15-8-6-13-22(24)19-29/h2-8,10-15H,9,16-19H2,1H3. The third kappa shape index (κ3) is 4.16. The average Bonchev–Trinajstić information content (AvgIpc) is 3.17. The Morgan fingerprint density at radius 3 is 2.09 bits per heavy atom. The molecular formula is C27H26N2O3. The van der Waals surface area contributed by atoms with Crippen LogP contribution in [0.5, 0.6) is 0 Å². The van der Waals surface area contributed by atoms with Crippen LogP contribution in [0.3, 0.4) is 0 Å². The average molecular weight is 427 g/mol. The van der Waals surface area contributed by atoms with Crippen LogP contribution in [-0.4, -0.2) is 29.2 Å². The second-order valence-corrected chi connectivity index (χ2v) is 8.42. The van der Waals surface area contributed by atoms with Gasteiger partial charge in [0.05, 0.1) is 6.61 Å². The molecule has 0 aliphatic carbocycles. The molecule has 1 saturated heterocycles. The summed E-state index contributed by atoms with van der Waals surface area (Å²) in [6.45, 7) is 3.73. The lowest BCUT2D eigenvalue weighted by molar-refractivity contribution is -0.151. The molecule has 0 saturated carbocycles. The molecule has 1 amide bonds. The van der Waals surface area contributed by atoms with E-state index in [1.54, 1.807) is 12.1 Å². The first-order valence-electron chi connectivity index (χ1n) is 11.0. The van der Waals surface area contributed by atoms with E-state index in [1.807, 2.05) is 42.2 Å². The Hall–Kier alpha value is -3.44. The monoisotopic (exact) mass is 426 g/mol. The maximum atomic E-state index is 13.0. The Bertz CT molecular complexity index is 1100. The molecule has 5 heteroatoms. The first kappa shape index (κ1) is 20.5. The number of ether oxygens (including phenoxy) is 2. The van der Waals surface area contributed by atoms with Crippen LogP contribution in [0, 0.1) is 0 Å². The summed E-state index contributed by atoms with van der Waals surface area (Å²) in [5.41, 5.74) is 5.25. The summed E-state index contributed by atoms with van der Waals surface area (Å²) >= 11 is 0. The smallest absolute Gasteiger partial charge is 0.298 e. The van der Waals surface area contributed by atoms with E-state index in [1.165, 1.54) is 22.3 Å². The van der Waals surface area contributed by atoms with Gasteiger partial charge >= 0.3 is 0 Å². The highest BCUT2D eigenvalue weighted by Crippen LogP contribution is 2.34. The highest BCUT2D eigenvalue weighted by atomic mass is 16.7. The largest absolute Gasteiger partial charge is 0.432 e. The van der Waals surface area contributed by atoms with Crippen molar-refractivity contribution in [2.45, 2.75) is 38.6 Å². The Kier molecular flexibility index (Phi) is 5.50. The van der Waals surface area contributed by atoms with Crippen LogP contribution in [0.2, 0.25) is 0 Å². The third-order valence-corrected chi connectivity index (χ3v) is 6.03. The summed E-state index contributed by atoms with van der Waals surface area (Å²) in [6.07, 6.45) is 1.68.